The lowest BCUT2D eigenvalue weighted by Gasteiger charge is -2.17. The standard InChI is InChI=1S/C11H27N3O2S/c1-10(2)12-9-11(3)17(15,16)13-7-6-8-14(4)5/h10-13H,6-9H2,1-5H3. The van der Waals surface area contributed by atoms with Crippen LogP contribution in [-0.2, 0) is 10.0 Å². The van der Waals surface area contributed by atoms with E-state index in [-0.39, 0.29) is 0 Å². The largest absolute Gasteiger partial charge is 0.313 e. The number of sulfonamides is 1. The molecule has 0 aliphatic heterocycles. The first-order chi connectivity index (χ1) is 7.75. The first-order valence-electron chi connectivity index (χ1n) is 6.12. The Morgan fingerprint density at radius 1 is 1.18 bits per heavy atom. The molecular weight excluding hydrogens is 238 g/mol. The summed E-state index contributed by atoms with van der Waals surface area (Å²) in [6.45, 7) is 7.62. The van der Waals surface area contributed by atoms with Crippen LogP contribution in [-0.4, -0.2) is 58.3 Å². The third kappa shape index (κ3) is 8.54. The summed E-state index contributed by atoms with van der Waals surface area (Å²) in [6, 6.07) is 0.307. The Balaban J connectivity index is 3.93. The van der Waals surface area contributed by atoms with Gasteiger partial charge in [0, 0.05) is 19.1 Å². The van der Waals surface area contributed by atoms with E-state index in [4.69, 9.17) is 0 Å². The smallest absolute Gasteiger partial charge is 0.215 e. The van der Waals surface area contributed by atoms with Gasteiger partial charge in [0.1, 0.15) is 0 Å². The molecule has 0 aromatic rings. The van der Waals surface area contributed by atoms with Crippen LogP contribution in [0.4, 0.5) is 0 Å². The highest BCUT2D eigenvalue weighted by atomic mass is 32.2. The molecule has 0 aromatic heterocycles. The number of hydrogen-bond acceptors (Lipinski definition) is 4. The molecule has 1 atom stereocenters. The van der Waals surface area contributed by atoms with Gasteiger partial charge in [-0.05, 0) is 34.0 Å². The maximum Gasteiger partial charge on any atom is 0.215 e. The minimum Gasteiger partial charge on any atom is -0.313 e. The molecule has 0 aliphatic carbocycles. The second-order valence-corrected chi connectivity index (χ2v) is 7.15. The van der Waals surface area contributed by atoms with Crippen molar-refractivity contribution in [3.63, 3.8) is 0 Å². The predicted molar refractivity (Wildman–Crippen MR) is 72.7 cm³/mol. The number of nitrogens with one attached hydrogen (secondary N) is 2. The van der Waals surface area contributed by atoms with Crippen molar-refractivity contribution in [1.29, 1.82) is 0 Å². The molecule has 1 unspecified atom stereocenters. The van der Waals surface area contributed by atoms with E-state index < -0.39 is 15.3 Å². The van der Waals surface area contributed by atoms with Crippen molar-refractivity contribution in [3.05, 3.63) is 0 Å². The summed E-state index contributed by atoms with van der Waals surface area (Å²) < 4.78 is 26.3. The van der Waals surface area contributed by atoms with E-state index in [2.05, 4.69) is 10.0 Å². The summed E-state index contributed by atoms with van der Waals surface area (Å²) in [5.74, 6) is 0. The molecule has 6 heteroatoms. The fourth-order valence-electron chi connectivity index (χ4n) is 1.26. The van der Waals surface area contributed by atoms with E-state index in [1.165, 1.54) is 0 Å². The Morgan fingerprint density at radius 3 is 2.24 bits per heavy atom. The predicted octanol–water partition coefficient (Wildman–Crippen LogP) is 0.244. The second-order valence-electron chi connectivity index (χ2n) is 4.97. The van der Waals surface area contributed by atoms with E-state index in [0.29, 0.717) is 19.1 Å². The van der Waals surface area contributed by atoms with Crippen LogP contribution in [0.1, 0.15) is 27.2 Å². The minimum absolute atomic E-state index is 0.307. The third-order valence-corrected chi connectivity index (χ3v) is 4.26. The van der Waals surface area contributed by atoms with Gasteiger partial charge in [-0.2, -0.15) is 0 Å². The normalized spacial score (nSPS) is 14.5. The summed E-state index contributed by atoms with van der Waals surface area (Å²) in [4.78, 5) is 2.04. The SMILES string of the molecule is CC(C)NCC(C)S(=O)(=O)NCCCN(C)C. The topological polar surface area (TPSA) is 61.4 Å². The molecule has 2 N–H and O–H groups in total. The van der Waals surface area contributed by atoms with Crippen LogP contribution in [0, 0.1) is 0 Å². The van der Waals surface area contributed by atoms with Gasteiger partial charge in [0.25, 0.3) is 0 Å². The minimum atomic E-state index is -3.18. The molecule has 0 saturated carbocycles. The van der Waals surface area contributed by atoms with Crippen molar-refractivity contribution in [3.8, 4) is 0 Å². The van der Waals surface area contributed by atoms with Crippen LogP contribution in [0.5, 0.6) is 0 Å². The second kappa shape index (κ2) is 8.02. The molecule has 0 spiro atoms. The molecule has 0 aliphatic rings. The van der Waals surface area contributed by atoms with E-state index in [9.17, 15) is 8.42 Å². The fourth-order valence-corrected chi connectivity index (χ4v) is 2.29. The van der Waals surface area contributed by atoms with E-state index in [0.717, 1.165) is 13.0 Å². The van der Waals surface area contributed by atoms with Gasteiger partial charge in [0.2, 0.25) is 10.0 Å². The van der Waals surface area contributed by atoms with E-state index in [1.54, 1.807) is 6.92 Å². The highest BCUT2D eigenvalue weighted by Gasteiger charge is 2.19. The van der Waals surface area contributed by atoms with Crippen molar-refractivity contribution in [2.24, 2.45) is 0 Å². The van der Waals surface area contributed by atoms with Gasteiger partial charge >= 0.3 is 0 Å². The molecule has 0 amide bonds. The van der Waals surface area contributed by atoms with E-state index >= 15 is 0 Å². The lowest BCUT2D eigenvalue weighted by molar-refractivity contribution is 0.399. The molecular formula is C11H27N3O2S. The summed E-state index contributed by atoms with van der Waals surface area (Å²) in [7, 11) is 0.767. The van der Waals surface area contributed by atoms with Gasteiger partial charge in [-0.1, -0.05) is 13.8 Å². The molecule has 0 saturated heterocycles. The van der Waals surface area contributed by atoms with Gasteiger partial charge in [-0.15, -0.1) is 0 Å². The Morgan fingerprint density at radius 2 is 1.76 bits per heavy atom. The van der Waals surface area contributed by atoms with Crippen molar-refractivity contribution in [1.82, 2.24) is 14.9 Å². The zero-order valence-corrected chi connectivity index (χ0v) is 12.5. The van der Waals surface area contributed by atoms with Gasteiger partial charge in [-0.3, -0.25) is 0 Å². The Labute approximate surface area is 106 Å². The summed E-state index contributed by atoms with van der Waals surface area (Å²) >= 11 is 0. The molecule has 0 radical (unpaired) electrons. The van der Waals surface area contributed by atoms with Crippen molar-refractivity contribution >= 4 is 10.0 Å². The van der Waals surface area contributed by atoms with Crippen molar-refractivity contribution < 1.29 is 8.42 Å². The van der Waals surface area contributed by atoms with Crippen LogP contribution < -0.4 is 10.0 Å². The Bertz CT molecular complexity index is 289. The number of rotatable bonds is 9. The maximum atomic E-state index is 11.8. The molecule has 0 heterocycles. The maximum absolute atomic E-state index is 11.8. The zero-order chi connectivity index (χ0) is 13.5. The molecule has 17 heavy (non-hydrogen) atoms. The van der Waals surface area contributed by atoms with Gasteiger partial charge in [0.05, 0.1) is 5.25 Å². The summed E-state index contributed by atoms with van der Waals surface area (Å²) in [6.07, 6.45) is 0.830. The van der Waals surface area contributed by atoms with Crippen LogP contribution in [0.3, 0.4) is 0 Å². The number of hydrogen-bond donors (Lipinski definition) is 2. The van der Waals surface area contributed by atoms with Gasteiger partial charge in [0.15, 0.2) is 0 Å². The average Bonchev–Trinajstić information content (AvgIpc) is 2.20. The van der Waals surface area contributed by atoms with Gasteiger partial charge in [-0.25, -0.2) is 13.1 Å². The molecule has 0 rings (SSSR count). The third-order valence-electron chi connectivity index (χ3n) is 2.43. The molecule has 0 fully saturated rings. The molecule has 0 aromatic carbocycles. The monoisotopic (exact) mass is 265 g/mol. The Kier molecular flexibility index (Phi) is 7.94. The molecule has 104 valence electrons. The molecule has 5 nitrogen and oxygen atoms in total. The highest BCUT2D eigenvalue weighted by Crippen LogP contribution is 1.97. The highest BCUT2D eigenvalue weighted by molar-refractivity contribution is 7.90. The first-order valence-corrected chi connectivity index (χ1v) is 7.67. The van der Waals surface area contributed by atoms with Crippen LogP contribution in [0.2, 0.25) is 0 Å². The summed E-state index contributed by atoms with van der Waals surface area (Å²) in [5.41, 5.74) is 0. The van der Waals surface area contributed by atoms with Crippen LogP contribution >= 0.6 is 0 Å². The van der Waals surface area contributed by atoms with Crippen molar-refractivity contribution in [2.45, 2.75) is 38.5 Å². The van der Waals surface area contributed by atoms with E-state index in [1.807, 2.05) is 32.8 Å². The van der Waals surface area contributed by atoms with Crippen LogP contribution in [0.15, 0.2) is 0 Å². The first kappa shape index (κ1) is 16.8. The average molecular weight is 265 g/mol. The fraction of sp³-hybridized carbons (Fsp3) is 1.00. The van der Waals surface area contributed by atoms with Crippen LogP contribution in [0.25, 0.3) is 0 Å². The number of nitrogens with zero attached hydrogens (tertiary/aromatic N) is 1. The summed E-state index contributed by atoms with van der Waals surface area (Å²) in [5, 5.41) is 2.73. The van der Waals surface area contributed by atoms with Gasteiger partial charge < -0.3 is 10.2 Å². The lowest BCUT2D eigenvalue weighted by Crippen LogP contribution is -2.41. The zero-order valence-electron chi connectivity index (χ0n) is 11.7. The molecule has 0 bridgehead atoms. The lowest BCUT2D eigenvalue weighted by atomic mass is 10.3. The van der Waals surface area contributed by atoms with Crippen molar-refractivity contribution in [2.75, 3.05) is 33.7 Å². The Hall–Kier alpha value is -0.170. The quantitative estimate of drug-likeness (QED) is 0.587.